The van der Waals surface area contributed by atoms with E-state index in [0.717, 1.165) is 47.6 Å². The zero-order chi connectivity index (χ0) is 21.8. The Morgan fingerprint density at radius 1 is 0.677 bits per heavy atom. The summed E-state index contributed by atoms with van der Waals surface area (Å²) in [5.74, 6) is 0. The molecule has 5 rings (SSSR count). The zero-order valence-electron chi connectivity index (χ0n) is 16.0. The Morgan fingerprint density at radius 2 is 1.26 bits per heavy atom. The lowest BCUT2D eigenvalue weighted by Gasteiger charge is -2.10. The number of fused-ring (bicyclic) bond motifs is 3. The van der Waals surface area contributed by atoms with Crippen LogP contribution in [0.5, 0.6) is 0 Å². The van der Waals surface area contributed by atoms with E-state index in [0.29, 0.717) is 0 Å². The summed E-state index contributed by atoms with van der Waals surface area (Å²) in [6.07, 6.45) is 0. The van der Waals surface area contributed by atoms with E-state index in [4.69, 9.17) is 0 Å². The van der Waals surface area contributed by atoms with Crippen LogP contribution in [0.15, 0.2) is 93.9 Å². The maximum absolute atomic E-state index is 11.6. The second-order valence-corrected chi connectivity index (χ2v) is 10.7. The smallest absolute Gasteiger partial charge is 0.321 e. The van der Waals surface area contributed by atoms with Gasteiger partial charge in [0.05, 0.1) is 16.3 Å². The van der Waals surface area contributed by atoms with E-state index in [1.54, 1.807) is 12.1 Å². The van der Waals surface area contributed by atoms with E-state index in [1.807, 2.05) is 42.5 Å². The molecule has 0 amide bonds. The van der Waals surface area contributed by atoms with Gasteiger partial charge in [-0.15, -0.1) is 0 Å². The molecule has 154 valence electrons. The van der Waals surface area contributed by atoms with Crippen LogP contribution in [-0.4, -0.2) is 14.4 Å². The van der Waals surface area contributed by atoms with Gasteiger partial charge in [-0.3, -0.25) is 4.57 Å². The van der Waals surface area contributed by atoms with E-state index in [-0.39, 0.29) is 5.30 Å². The first-order chi connectivity index (χ1) is 14.8. The summed E-state index contributed by atoms with van der Waals surface area (Å²) in [5, 5.41) is 2.33. The molecule has 0 unspecified atom stereocenters. The van der Waals surface area contributed by atoms with Crippen LogP contribution in [0.2, 0.25) is 0 Å². The number of nitrogens with zero attached hydrogens (tertiary/aromatic N) is 1. The van der Waals surface area contributed by atoms with Crippen LogP contribution in [0, 0.1) is 0 Å². The Kier molecular flexibility index (Phi) is 5.16. The molecule has 31 heavy (non-hydrogen) atoms. The Bertz CT molecular complexity index is 1440. The molecule has 0 spiro atoms. The van der Waals surface area contributed by atoms with Crippen molar-refractivity contribution in [1.29, 1.82) is 0 Å². The molecule has 1 heterocycles. The third-order valence-corrected chi connectivity index (χ3v) is 7.27. The lowest BCUT2D eigenvalue weighted by molar-refractivity contribution is 0.387. The molecule has 2 N–H and O–H groups in total. The quantitative estimate of drug-likeness (QED) is 0.241. The third kappa shape index (κ3) is 3.79. The normalized spacial score (nSPS) is 12.0. The van der Waals surface area contributed by atoms with Gasteiger partial charge in [-0.25, -0.2) is 0 Å². The fourth-order valence-corrected chi connectivity index (χ4v) is 5.23. The van der Waals surface area contributed by atoms with Gasteiger partial charge in [0.1, 0.15) is 0 Å². The van der Waals surface area contributed by atoms with Crippen molar-refractivity contribution in [2.24, 2.45) is 0 Å². The Hall–Kier alpha value is -2.21. The monoisotopic (exact) mass is 555 g/mol. The molecule has 5 aromatic rings. The predicted octanol–water partition coefficient (Wildman–Crippen LogP) is 6.78. The van der Waals surface area contributed by atoms with Gasteiger partial charge in [-0.05, 0) is 71.8 Å². The maximum Gasteiger partial charge on any atom is 0.356 e. The molecule has 0 aliphatic heterocycles. The number of halogens is 2. The van der Waals surface area contributed by atoms with Crippen LogP contribution >= 0.6 is 39.5 Å². The van der Waals surface area contributed by atoms with Crippen molar-refractivity contribution in [1.82, 2.24) is 4.57 Å². The first-order valence-electron chi connectivity index (χ1n) is 9.47. The second-order valence-electron chi connectivity index (χ2n) is 7.30. The van der Waals surface area contributed by atoms with Gasteiger partial charge in [-0.1, -0.05) is 56.1 Å². The number of benzene rings is 4. The lowest BCUT2D eigenvalue weighted by atomic mass is 10.1. The summed E-state index contributed by atoms with van der Waals surface area (Å²) < 4.78 is 15.9. The van der Waals surface area contributed by atoms with Gasteiger partial charge in [0.2, 0.25) is 0 Å². The number of hydrogen-bond donors (Lipinski definition) is 2. The largest absolute Gasteiger partial charge is 0.356 e. The van der Waals surface area contributed by atoms with Crippen LogP contribution in [0.25, 0.3) is 38.6 Å². The summed E-state index contributed by atoms with van der Waals surface area (Å²) >= 11 is 7.16. The van der Waals surface area contributed by atoms with Crippen molar-refractivity contribution in [3.63, 3.8) is 0 Å². The van der Waals surface area contributed by atoms with E-state index >= 15 is 0 Å². The molecule has 0 aliphatic carbocycles. The fourth-order valence-electron chi connectivity index (χ4n) is 3.92. The molecule has 0 fully saturated rings. The van der Waals surface area contributed by atoms with Gasteiger partial charge in [0.15, 0.2) is 0 Å². The molecule has 4 aromatic carbocycles. The highest BCUT2D eigenvalue weighted by molar-refractivity contribution is 9.10. The van der Waals surface area contributed by atoms with Gasteiger partial charge < -0.3 is 14.4 Å². The van der Waals surface area contributed by atoms with Gasteiger partial charge in [0.25, 0.3) is 0 Å². The Morgan fingerprint density at radius 3 is 1.81 bits per heavy atom. The van der Waals surface area contributed by atoms with Crippen molar-refractivity contribution in [3.8, 4) is 16.8 Å². The first kappa shape index (κ1) is 20.7. The average molecular weight is 557 g/mol. The van der Waals surface area contributed by atoms with Crippen LogP contribution in [0.1, 0.15) is 0 Å². The van der Waals surface area contributed by atoms with E-state index in [9.17, 15) is 14.4 Å². The zero-order valence-corrected chi connectivity index (χ0v) is 20.1. The predicted molar refractivity (Wildman–Crippen MR) is 133 cm³/mol. The molecular weight excluding hydrogens is 541 g/mol. The minimum atomic E-state index is -4.29. The first-order valence-corrected chi connectivity index (χ1v) is 12.7. The maximum atomic E-state index is 11.6. The molecule has 1 aromatic heterocycles. The number of aromatic nitrogens is 1. The summed E-state index contributed by atoms with van der Waals surface area (Å²) in [7, 11) is -4.29. The minimum absolute atomic E-state index is 0.0210. The van der Waals surface area contributed by atoms with Crippen LogP contribution in [0.3, 0.4) is 0 Å². The van der Waals surface area contributed by atoms with Crippen molar-refractivity contribution >= 4 is 66.6 Å². The molecule has 0 bridgehead atoms. The molecule has 0 saturated heterocycles. The highest BCUT2D eigenvalue weighted by Gasteiger charge is 2.17. The summed E-state index contributed by atoms with van der Waals surface area (Å²) in [6.45, 7) is 0. The standard InChI is InChI=1S/C24H16Br2NO3P/c25-17-6-10-23-21(13-17)22-14-18(26)7-11-24(22)27(23)19-8-4-15(5-9-19)16-2-1-3-20(12-16)31(28,29)30/h1-14H,(H2,28,29,30). The van der Waals surface area contributed by atoms with Crippen LogP contribution in [-0.2, 0) is 4.57 Å². The molecule has 4 nitrogen and oxygen atoms in total. The Balaban J connectivity index is 1.66. The minimum Gasteiger partial charge on any atom is -0.321 e. The molecule has 7 heteroatoms. The highest BCUT2D eigenvalue weighted by Crippen LogP contribution is 2.37. The third-order valence-electron chi connectivity index (χ3n) is 5.33. The van der Waals surface area contributed by atoms with Crippen LogP contribution < -0.4 is 5.30 Å². The van der Waals surface area contributed by atoms with E-state index < -0.39 is 7.60 Å². The van der Waals surface area contributed by atoms with Crippen molar-refractivity contribution in [3.05, 3.63) is 93.9 Å². The molecule has 0 aliphatic rings. The Labute approximate surface area is 195 Å². The van der Waals surface area contributed by atoms with E-state index in [2.05, 4.69) is 60.7 Å². The highest BCUT2D eigenvalue weighted by atomic mass is 79.9. The average Bonchev–Trinajstić information content (AvgIpc) is 3.06. The van der Waals surface area contributed by atoms with Crippen molar-refractivity contribution < 1.29 is 14.4 Å². The van der Waals surface area contributed by atoms with E-state index in [1.165, 1.54) is 6.07 Å². The SMILES string of the molecule is O=P(O)(O)c1cccc(-c2ccc(-n3c4ccc(Br)cc4c4cc(Br)ccc43)cc2)c1. The number of rotatable bonds is 3. The summed E-state index contributed by atoms with van der Waals surface area (Å²) in [5.41, 5.74) is 4.88. The molecular formula is C24H16Br2NO3P. The lowest BCUT2D eigenvalue weighted by Crippen LogP contribution is -2.03. The van der Waals surface area contributed by atoms with Gasteiger partial charge in [0, 0.05) is 25.4 Å². The molecule has 0 atom stereocenters. The summed E-state index contributed by atoms with van der Waals surface area (Å²) in [6, 6.07) is 27.1. The van der Waals surface area contributed by atoms with Crippen molar-refractivity contribution in [2.75, 3.05) is 0 Å². The second kappa shape index (κ2) is 7.73. The van der Waals surface area contributed by atoms with Crippen molar-refractivity contribution in [2.45, 2.75) is 0 Å². The fraction of sp³-hybridized carbons (Fsp3) is 0. The van der Waals surface area contributed by atoms with Crippen LogP contribution in [0.4, 0.5) is 0 Å². The summed E-state index contributed by atoms with van der Waals surface area (Å²) in [4.78, 5) is 18.9. The molecule has 0 radical (unpaired) electrons. The number of hydrogen-bond acceptors (Lipinski definition) is 1. The topological polar surface area (TPSA) is 62.5 Å². The van der Waals surface area contributed by atoms with Gasteiger partial charge >= 0.3 is 7.60 Å². The van der Waals surface area contributed by atoms with Gasteiger partial charge in [-0.2, -0.15) is 0 Å². The molecule has 0 saturated carbocycles.